The number of ether oxygens (including phenoxy) is 2. The van der Waals surface area contributed by atoms with Crippen LogP contribution in [0.25, 0.3) is 0 Å². The van der Waals surface area contributed by atoms with Gasteiger partial charge in [0.1, 0.15) is 24.7 Å². The number of methoxy groups -OCH3 is 1. The number of hydrogen-bond acceptors (Lipinski definition) is 3. The highest BCUT2D eigenvalue weighted by molar-refractivity contribution is 5.94. The Balaban J connectivity index is 1.26. The summed E-state index contributed by atoms with van der Waals surface area (Å²) in [5.41, 5.74) is 3.13. The molecule has 5 heteroatoms. The Morgan fingerprint density at radius 3 is 2.13 bits per heavy atom. The van der Waals surface area contributed by atoms with E-state index in [2.05, 4.69) is 12.1 Å². The van der Waals surface area contributed by atoms with Crippen LogP contribution in [0.3, 0.4) is 0 Å². The molecule has 0 aromatic heterocycles. The smallest absolute Gasteiger partial charge is 0.254 e. The zero-order chi connectivity index (χ0) is 21.5. The van der Waals surface area contributed by atoms with Crippen LogP contribution < -0.4 is 14.4 Å². The molecule has 0 bridgehead atoms. The standard InChI is InChI=1S/C26H28N2O3/c1-30-24-11-7-21(8-12-24)19-27-15-17-28(18-16-27)26(29)23-9-13-25(14-10-23)31-20-22-5-3-2-4-6-22/h2-14H,15-20H2,1H3/p+1. The van der Waals surface area contributed by atoms with Gasteiger partial charge in [-0.25, -0.2) is 0 Å². The van der Waals surface area contributed by atoms with Crippen LogP contribution in [-0.2, 0) is 13.2 Å². The van der Waals surface area contributed by atoms with Gasteiger partial charge >= 0.3 is 0 Å². The monoisotopic (exact) mass is 417 g/mol. The van der Waals surface area contributed by atoms with E-state index in [1.54, 1.807) is 7.11 Å². The van der Waals surface area contributed by atoms with Crippen molar-refractivity contribution in [3.8, 4) is 11.5 Å². The van der Waals surface area contributed by atoms with Gasteiger partial charge in [-0.2, -0.15) is 0 Å². The molecule has 1 amide bonds. The van der Waals surface area contributed by atoms with E-state index in [4.69, 9.17) is 9.47 Å². The molecule has 160 valence electrons. The topological polar surface area (TPSA) is 43.2 Å². The quantitative estimate of drug-likeness (QED) is 0.643. The zero-order valence-corrected chi connectivity index (χ0v) is 17.9. The summed E-state index contributed by atoms with van der Waals surface area (Å²) in [4.78, 5) is 16.3. The molecule has 0 aliphatic carbocycles. The van der Waals surface area contributed by atoms with E-state index in [1.165, 1.54) is 10.5 Å². The Labute approximate surface area is 183 Å². The fourth-order valence-corrected chi connectivity index (χ4v) is 3.85. The third-order valence-electron chi connectivity index (χ3n) is 5.72. The number of rotatable bonds is 7. The van der Waals surface area contributed by atoms with Gasteiger partial charge in [0.05, 0.1) is 33.3 Å². The van der Waals surface area contributed by atoms with Gasteiger partial charge in [0.25, 0.3) is 5.91 Å². The van der Waals surface area contributed by atoms with Crippen LogP contribution in [0.15, 0.2) is 78.9 Å². The Hall–Kier alpha value is -3.31. The number of nitrogens with one attached hydrogen (secondary N) is 1. The van der Waals surface area contributed by atoms with Crippen LogP contribution in [-0.4, -0.2) is 44.1 Å². The maximum Gasteiger partial charge on any atom is 0.254 e. The molecule has 1 heterocycles. The molecule has 1 N–H and O–H groups in total. The van der Waals surface area contributed by atoms with E-state index in [9.17, 15) is 4.79 Å². The van der Waals surface area contributed by atoms with Gasteiger partial charge in [-0.3, -0.25) is 4.79 Å². The third-order valence-corrected chi connectivity index (χ3v) is 5.72. The number of amides is 1. The minimum absolute atomic E-state index is 0.0955. The first-order valence-corrected chi connectivity index (χ1v) is 10.7. The lowest BCUT2D eigenvalue weighted by atomic mass is 10.1. The third kappa shape index (κ3) is 5.64. The lowest BCUT2D eigenvalue weighted by molar-refractivity contribution is -0.917. The number of hydrogen-bond donors (Lipinski definition) is 1. The van der Waals surface area contributed by atoms with E-state index in [1.807, 2.05) is 71.6 Å². The molecular formula is C26H29N2O3+. The van der Waals surface area contributed by atoms with Gasteiger partial charge in [0.15, 0.2) is 0 Å². The summed E-state index contributed by atoms with van der Waals surface area (Å²) in [6, 6.07) is 25.8. The number of piperazine rings is 1. The molecule has 3 aromatic rings. The maximum absolute atomic E-state index is 12.9. The van der Waals surface area contributed by atoms with Crippen molar-refractivity contribution in [3.63, 3.8) is 0 Å². The first-order valence-electron chi connectivity index (χ1n) is 10.7. The van der Waals surface area contributed by atoms with E-state index in [0.29, 0.717) is 12.2 Å². The summed E-state index contributed by atoms with van der Waals surface area (Å²) < 4.78 is 11.0. The average molecular weight is 418 g/mol. The van der Waals surface area contributed by atoms with Gasteiger partial charge in [-0.1, -0.05) is 30.3 Å². The Kier molecular flexibility index (Phi) is 6.85. The predicted molar refractivity (Wildman–Crippen MR) is 121 cm³/mol. The van der Waals surface area contributed by atoms with Crippen LogP contribution >= 0.6 is 0 Å². The molecule has 0 atom stereocenters. The SMILES string of the molecule is COc1ccc(C[NH+]2CCN(C(=O)c3ccc(OCc4ccccc4)cc3)CC2)cc1. The van der Waals surface area contributed by atoms with E-state index < -0.39 is 0 Å². The van der Waals surface area contributed by atoms with E-state index >= 15 is 0 Å². The Morgan fingerprint density at radius 2 is 1.48 bits per heavy atom. The van der Waals surface area contributed by atoms with Gasteiger partial charge in [0, 0.05) is 11.1 Å². The first-order chi connectivity index (χ1) is 15.2. The summed E-state index contributed by atoms with van der Waals surface area (Å²) in [6.07, 6.45) is 0. The second-order valence-electron chi connectivity index (χ2n) is 7.87. The predicted octanol–water partition coefficient (Wildman–Crippen LogP) is 2.82. The molecule has 31 heavy (non-hydrogen) atoms. The van der Waals surface area contributed by atoms with Crippen molar-refractivity contribution in [3.05, 3.63) is 95.6 Å². The second-order valence-corrected chi connectivity index (χ2v) is 7.87. The lowest BCUT2D eigenvalue weighted by Crippen LogP contribution is -3.13. The lowest BCUT2D eigenvalue weighted by Gasteiger charge is -2.32. The Morgan fingerprint density at radius 1 is 0.839 bits per heavy atom. The first kappa shape index (κ1) is 20.9. The van der Waals surface area contributed by atoms with Gasteiger partial charge in [-0.15, -0.1) is 0 Å². The van der Waals surface area contributed by atoms with Crippen molar-refractivity contribution in [1.29, 1.82) is 0 Å². The fourth-order valence-electron chi connectivity index (χ4n) is 3.85. The van der Waals surface area contributed by atoms with E-state index in [-0.39, 0.29) is 5.91 Å². The van der Waals surface area contributed by atoms with E-state index in [0.717, 1.165) is 49.8 Å². The average Bonchev–Trinajstić information content (AvgIpc) is 2.84. The molecule has 1 aliphatic heterocycles. The van der Waals surface area contributed by atoms with Crippen LogP contribution in [0.1, 0.15) is 21.5 Å². The summed E-state index contributed by atoms with van der Waals surface area (Å²) in [7, 11) is 1.68. The van der Waals surface area contributed by atoms with Gasteiger partial charge in [0.2, 0.25) is 0 Å². The highest BCUT2D eigenvalue weighted by atomic mass is 16.5. The molecule has 0 radical (unpaired) electrons. The van der Waals surface area contributed by atoms with Crippen molar-refractivity contribution in [1.82, 2.24) is 4.90 Å². The summed E-state index contributed by atoms with van der Waals surface area (Å²) in [6.45, 7) is 4.95. The minimum Gasteiger partial charge on any atom is -0.497 e. The number of quaternary nitrogens is 1. The molecule has 0 unspecified atom stereocenters. The number of carbonyl (C=O) groups is 1. The van der Waals surface area contributed by atoms with Crippen molar-refractivity contribution in [2.24, 2.45) is 0 Å². The molecule has 1 fully saturated rings. The fraction of sp³-hybridized carbons (Fsp3) is 0.269. The van der Waals surface area contributed by atoms with Gasteiger partial charge in [-0.05, 0) is 54.1 Å². The molecule has 1 saturated heterocycles. The largest absolute Gasteiger partial charge is 0.497 e. The summed E-state index contributed by atoms with van der Waals surface area (Å²) >= 11 is 0. The number of nitrogens with zero attached hydrogens (tertiary/aromatic N) is 1. The molecule has 0 saturated carbocycles. The summed E-state index contributed by atoms with van der Waals surface area (Å²) in [5, 5.41) is 0. The van der Waals surface area contributed by atoms with Crippen molar-refractivity contribution in [2.75, 3.05) is 33.3 Å². The van der Waals surface area contributed by atoms with Crippen LogP contribution in [0, 0.1) is 0 Å². The van der Waals surface area contributed by atoms with Crippen LogP contribution in [0.4, 0.5) is 0 Å². The Bertz CT molecular complexity index is 964. The minimum atomic E-state index is 0.0955. The molecular weight excluding hydrogens is 388 g/mol. The summed E-state index contributed by atoms with van der Waals surface area (Å²) in [5.74, 6) is 1.75. The molecule has 5 nitrogen and oxygen atoms in total. The molecule has 0 spiro atoms. The van der Waals surface area contributed by atoms with Crippen molar-refractivity contribution >= 4 is 5.91 Å². The van der Waals surface area contributed by atoms with Crippen LogP contribution in [0.2, 0.25) is 0 Å². The number of carbonyl (C=O) groups excluding carboxylic acids is 1. The highest BCUT2D eigenvalue weighted by Gasteiger charge is 2.24. The number of benzene rings is 3. The van der Waals surface area contributed by atoms with Gasteiger partial charge < -0.3 is 19.3 Å². The van der Waals surface area contributed by atoms with Crippen molar-refractivity contribution in [2.45, 2.75) is 13.2 Å². The molecule has 4 rings (SSSR count). The molecule has 1 aliphatic rings. The molecule has 3 aromatic carbocycles. The highest BCUT2D eigenvalue weighted by Crippen LogP contribution is 2.16. The second kappa shape index (κ2) is 10.1. The van der Waals surface area contributed by atoms with Crippen LogP contribution in [0.5, 0.6) is 11.5 Å². The van der Waals surface area contributed by atoms with Crippen molar-refractivity contribution < 1.29 is 19.2 Å². The normalized spacial score (nSPS) is 14.3. The maximum atomic E-state index is 12.9. The zero-order valence-electron chi connectivity index (χ0n) is 17.9.